The zero-order chi connectivity index (χ0) is 19.7. The maximum Gasteiger partial charge on any atom is 0.291 e. The predicted molar refractivity (Wildman–Crippen MR) is 102 cm³/mol. The summed E-state index contributed by atoms with van der Waals surface area (Å²) < 4.78 is 5.55. The predicted octanol–water partition coefficient (Wildman–Crippen LogP) is 2.73. The second-order valence-electron chi connectivity index (χ2n) is 8.09. The van der Waals surface area contributed by atoms with Gasteiger partial charge in [-0.15, -0.1) is 0 Å². The normalized spacial score (nSPS) is 22.7. The van der Waals surface area contributed by atoms with Crippen molar-refractivity contribution >= 4 is 11.8 Å². The Kier molecular flexibility index (Phi) is 4.91. The first-order valence-corrected chi connectivity index (χ1v) is 9.86. The fourth-order valence-corrected chi connectivity index (χ4v) is 4.55. The Labute approximate surface area is 164 Å². The molecule has 2 aliphatic heterocycles. The first kappa shape index (κ1) is 18.7. The van der Waals surface area contributed by atoms with Crippen LogP contribution in [0, 0.1) is 19.3 Å². The van der Waals surface area contributed by atoms with Crippen LogP contribution in [0.2, 0.25) is 0 Å². The van der Waals surface area contributed by atoms with Gasteiger partial charge in [0.25, 0.3) is 5.91 Å². The van der Waals surface area contributed by atoms with Crippen LogP contribution in [-0.2, 0) is 11.3 Å². The summed E-state index contributed by atoms with van der Waals surface area (Å²) in [6.45, 7) is 6.18. The average Bonchev–Trinajstić information content (AvgIpc) is 3.03. The van der Waals surface area contributed by atoms with E-state index < -0.39 is 0 Å². The monoisotopic (exact) mass is 382 g/mol. The number of hydrogen-bond acceptors (Lipinski definition) is 5. The largest absolute Gasteiger partial charge is 0.436 e. The van der Waals surface area contributed by atoms with Crippen molar-refractivity contribution in [1.82, 2.24) is 19.8 Å². The lowest BCUT2D eigenvalue weighted by atomic mass is 9.73. The second-order valence-corrected chi connectivity index (χ2v) is 8.09. The Morgan fingerprint density at radius 2 is 2.14 bits per heavy atom. The van der Waals surface area contributed by atoms with Crippen molar-refractivity contribution in [3.05, 3.63) is 47.4 Å². The van der Waals surface area contributed by atoms with Gasteiger partial charge in [-0.2, -0.15) is 0 Å². The summed E-state index contributed by atoms with van der Waals surface area (Å²) in [5.41, 5.74) is 1.62. The summed E-state index contributed by atoms with van der Waals surface area (Å²) in [6, 6.07) is 3.88. The number of aromatic nitrogens is 2. The van der Waals surface area contributed by atoms with Gasteiger partial charge in [-0.3, -0.25) is 14.6 Å². The number of carbonyl (C=O) groups excluding carboxylic acids is 2. The third kappa shape index (κ3) is 3.66. The molecule has 1 atom stereocenters. The molecule has 2 aliphatic rings. The van der Waals surface area contributed by atoms with Crippen molar-refractivity contribution < 1.29 is 14.0 Å². The fraction of sp³-hybridized carbons (Fsp3) is 0.524. The molecule has 2 fully saturated rings. The Hall–Kier alpha value is -2.70. The number of rotatable bonds is 3. The first-order chi connectivity index (χ1) is 13.5. The standard InChI is InChI=1S/C21H26N4O3/c1-15-19(28-16(2)23-15)20(27)24-10-4-7-21(13-24)8-6-18(26)25(14-21)12-17-5-3-9-22-11-17/h3,5,9,11H,4,6-8,10,12-14H2,1-2H3/t21-/m1/s1. The Morgan fingerprint density at radius 3 is 2.86 bits per heavy atom. The molecular formula is C21H26N4O3. The summed E-state index contributed by atoms with van der Waals surface area (Å²) in [7, 11) is 0. The number of nitrogens with zero attached hydrogens (tertiary/aromatic N) is 4. The molecule has 0 radical (unpaired) electrons. The van der Waals surface area contributed by atoms with Gasteiger partial charge in [-0.05, 0) is 37.8 Å². The summed E-state index contributed by atoms with van der Waals surface area (Å²) in [4.78, 5) is 37.7. The van der Waals surface area contributed by atoms with E-state index in [9.17, 15) is 9.59 Å². The van der Waals surface area contributed by atoms with E-state index in [0.29, 0.717) is 43.4 Å². The summed E-state index contributed by atoms with van der Waals surface area (Å²) in [5.74, 6) is 0.944. The van der Waals surface area contributed by atoms with Crippen LogP contribution in [0.25, 0.3) is 0 Å². The quantitative estimate of drug-likeness (QED) is 0.815. The number of carbonyl (C=O) groups is 2. The molecular weight excluding hydrogens is 356 g/mol. The topological polar surface area (TPSA) is 79.5 Å². The molecule has 0 bridgehead atoms. The van der Waals surface area contributed by atoms with Crippen LogP contribution in [0.15, 0.2) is 28.9 Å². The molecule has 0 aromatic carbocycles. The number of aryl methyl sites for hydroxylation is 2. The van der Waals surface area contributed by atoms with Gasteiger partial charge < -0.3 is 14.2 Å². The third-order valence-corrected chi connectivity index (χ3v) is 5.89. The average molecular weight is 382 g/mol. The van der Waals surface area contributed by atoms with E-state index in [1.54, 1.807) is 26.2 Å². The Balaban J connectivity index is 1.50. The molecule has 0 unspecified atom stereocenters. The zero-order valence-electron chi connectivity index (χ0n) is 16.5. The molecule has 2 aromatic rings. The van der Waals surface area contributed by atoms with Gasteiger partial charge in [0.05, 0.1) is 5.69 Å². The molecule has 2 amide bonds. The van der Waals surface area contributed by atoms with Crippen LogP contribution in [0.4, 0.5) is 0 Å². The summed E-state index contributed by atoms with van der Waals surface area (Å²) >= 11 is 0. The van der Waals surface area contributed by atoms with E-state index in [1.165, 1.54) is 0 Å². The van der Waals surface area contributed by atoms with Crippen molar-refractivity contribution in [1.29, 1.82) is 0 Å². The van der Waals surface area contributed by atoms with Crippen molar-refractivity contribution in [3.8, 4) is 0 Å². The molecule has 4 heterocycles. The number of piperidine rings is 2. The minimum absolute atomic E-state index is 0.0486. The van der Waals surface area contributed by atoms with Crippen molar-refractivity contribution in [3.63, 3.8) is 0 Å². The minimum Gasteiger partial charge on any atom is -0.436 e. The van der Waals surface area contributed by atoms with Crippen LogP contribution >= 0.6 is 0 Å². The maximum atomic E-state index is 13.0. The Morgan fingerprint density at radius 1 is 1.29 bits per heavy atom. The van der Waals surface area contributed by atoms with Crippen LogP contribution < -0.4 is 0 Å². The minimum atomic E-state index is -0.0899. The van der Waals surface area contributed by atoms with Crippen LogP contribution in [0.3, 0.4) is 0 Å². The zero-order valence-corrected chi connectivity index (χ0v) is 16.5. The number of pyridine rings is 1. The van der Waals surface area contributed by atoms with Gasteiger partial charge in [-0.25, -0.2) is 4.98 Å². The molecule has 28 heavy (non-hydrogen) atoms. The molecule has 2 aromatic heterocycles. The molecule has 2 saturated heterocycles. The lowest BCUT2D eigenvalue weighted by Gasteiger charge is -2.48. The molecule has 1 spiro atoms. The summed E-state index contributed by atoms with van der Waals surface area (Å²) in [6.07, 6.45) is 6.87. The molecule has 0 saturated carbocycles. The molecule has 4 rings (SSSR count). The fourth-order valence-electron chi connectivity index (χ4n) is 4.55. The van der Waals surface area contributed by atoms with Gasteiger partial charge in [0.2, 0.25) is 11.7 Å². The van der Waals surface area contributed by atoms with Gasteiger partial charge >= 0.3 is 0 Å². The number of oxazole rings is 1. The van der Waals surface area contributed by atoms with E-state index in [-0.39, 0.29) is 17.2 Å². The van der Waals surface area contributed by atoms with Crippen molar-refractivity contribution in [2.75, 3.05) is 19.6 Å². The van der Waals surface area contributed by atoms with Crippen LogP contribution in [-0.4, -0.2) is 51.2 Å². The number of amides is 2. The molecule has 0 N–H and O–H groups in total. The molecule has 148 valence electrons. The summed E-state index contributed by atoms with van der Waals surface area (Å²) in [5, 5.41) is 0. The van der Waals surface area contributed by atoms with E-state index in [2.05, 4.69) is 9.97 Å². The first-order valence-electron chi connectivity index (χ1n) is 9.86. The van der Waals surface area contributed by atoms with Gasteiger partial charge in [0.1, 0.15) is 0 Å². The van der Waals surface area contributed by atoms with E-state index in [0.717, 1.165) is 31.4 Å². The van der Waals surface area contributed by atoms with Gasteiger partial charge in [-0.1, -0.05) is 6.07 Å². The van der Waals surface area contributed by atoms with E-state index in [4.69, 9.17) is 4.42 Å². The van der Waals surface area contributed by atoms with Gasteiger partial charge in [0, 0.05) is 57.3 Å². The number of likely N-dealkylation sites (tertiary alicyclic amines) is 2. The van der Waals surface area contributed by atoms with Gasteiger partial charge in [0.15, 0.2) is 5.89 Å². The highest BCUT2D eigenvalue weighted by molar-refractivity contribution is 5.92. The highest BCUT2D eigenvalue weighted by Crippen LogP contribution is 2.39. The highest BCUT2D eigenvalue weighted by Gasteiger charge is 2.43. The molecule has 7 heteroatoms. The van der Waals surface area contributed by atoms with Crippen LogP contribution in [0.5, 0.6) is 0 Å². The van der Waals surface area contributed by atoms with E-state index in [1.807, 2.05) is 21.9 Å². The van der Waals surface area contributed by atoms with Crippen molar-refractivity contribution in [2.45, 2.75) is 46.1 Å². The smallest absolute Gasteiger partial charge is 0.291 e. The number of hydrogen-bond donors (Lipinski definition) is 0. The SMILES string of the molecule is Cc1nc(C)c(C(=O)N2CCC[C@@]3(CCC(=O)N(Cc4cccnc4)C3)C2)o1. The maximum absolute atomic E-state index is 13.0. The van der Waals surface area contributed by atoms with Crippen molar-refractivity contribution in [2.24, 2.45) is 5.41 Å². The lowest BCUT2D eigenvalue weighted by molar-refractivity contribution is -0.139. The highest BCUT2D eigenvalue weighted by atomic mass is 16.4. The van der Waals surface area contributed by atoms with E-state index >= 15 is 0 Å². The third-order valence-electron chi connectivity index (χ3n) is 5.89. The van der Waals surface area contributed by atoms with Crippen LogP contribution in [0.1, 0.15) is 53.4 Å². The molecule has 7 nitrogen and oxygen atoms in total. The Bertz CT molecular complexity index is 879. The lowest BCUT2D eigenvalue weighted by Crippen LogP contribution is -2.54. The molecule has 0 aliphatic carbocycles. The second kappa shape index (κ2) is 7.37.